The van der Waals surface area contributed by atoms with Gasteiger partial charge in [0, 0.05) is 24.1 Å². The molecule has 1 aromatic heterocycles. The van der Waals surface area contributed by atoms with Crippen molar-refractivity contribution in [2.24, 2.45) is 17.4 Å². The summed E-state index contributed by atoms with van der Waals surface area (Å²) < 4.78 is 50.2. The van der Waals surface area contributed by atoms with E-state index in [1.807, 2.05) is 0 Å². The highest BCUT2D eigenvalue weighted by molar-refractivity contribution is 6.34. The predicted molar refractivity (Wildman–Crippen MR) is 108 cm³/mol. The Morgan fingerprint density at radius 2 is 2.03 bits per heavy atom. The first-order chi connectivity index (χ1) is 14.8. The molecule has 166 valence electrons. The largest absolute Gasteiger partial charge is 0.463 e. The summed E-state index contributed by atoms with van der Waals surface area (Å²) in [5, 5.41) is 10.7. The van der Waals surface area contributed by atoms with Gasteiger partial charge in [-0.25, -0.2) is 9.07 Å². The van der Waals surface area contributed by atoms with E-state index < -0.39 is 18.3 Å². The number of rotatable bonds is 7. The molecule has 0 bridgehead atoms. The molecule has 0 saturated heterocycles. The zero-order valence-electron chi connectivity index (χ0n) is 16.3. The Morgan fingerprint density at radius 3 is 2.68 bits per heavy atom. The van der Waals surface area contributed by atoms with Crippen LogP contribution in [0.3, 0.4) is 0 Å². The third kappa shape index (κ3) is 6.44. The molecule has 13 heteroatoms. The maximum atomic E-state index is 14.5. The first-order valence-corrected chi connectivity index (χ1v) is 9.01. The lowest BCUT2D eigenvalue weighted by atomic mass is 10.1. The highest BCUT2D eigenvalue weighted by Crippen LogP contribution is 2.37. The van der Waals surface area contributed by atoms with Crippen LogP contribution in [0.5, 0.6) is 5.88 Å². The van der Waals surface area contributed by atoms with E-state index in [9.17, 15) is 13.2 Å². The van der Waals surface area contributed by atoms with Gasteiger partial charge in [0.15, 0.2) is 0 Å². The Kier molecular flexibility index (Phi) is 8.84. The second-order valence-electron chi connectivity index (χ2n) is 5.39. The van der Waals surface area contributed by atoms with Gasteiger partial charge in [-0.3, -0.25) is 0 Å². The van der Waals surface area contributed by atoms with E-state index in [-0.39, 0.29) is 39.4 Å². The second-order valence-corrected chi connectivity index (χ2v) is 6.18. The third-order valence-corrected chi connectivity index (χ3v) is 4.06. The molecule has 0 amide bonds. The van der Waals surface area contributed by atoms with Crippen molar-refractivity contribution in [1.29, 1.82) is 0 Å². The average Bonchev–Trinajstić information content (AvgIpc) is 2.98. The number of benzene rings is 1. The van der Waals surface area contributed by atoms with Crippen LogP contribution in [0.25, 0.3) is 11.3 Å². The summed E-state index contributed by atoms with van der Waals surface area (Å²) in [4.78, 5) is 9.14. The molecular formula is C18H15Cl2F3N4O4. The SMILES string of the molecule is CON=CCOC(C#Cc1cc(-c2nn(C)c(OC(F)F)c2Cl)c(F)cc1Cl)=NOC. The molecule has 1 heterocycles. The number of hydrogen-bond donors (Lipinski definition) is 0. The summed E-state index contributed by atoms with van der Waals surface area (Å²) in [7, 11) is 3.98. The number of aromatic nitrogens is 2. The maximum Gasteiger partial charge on any atom is 0.388 e. The zero-order valence-corrected chi connectivity index (χ0v) is 17.8. The normalized spacial score (nSPS) is 11.5. The molecule has 0 aliphatic heterocycles. The topological polar surface area (TPSA) is 79.5 Å². The lowest BCUT2D eigenvalue weighted by Gasteiger charge is -2.05. The summed E-state index contributed by atoms with van der Waals surface area (Å²) in [5.74, 6) is 3.90. The van der Waals surface area contributed by atoms with Crippen LogP contribution in [-0.2, 0) is 21.5 Å². The molecule has 0 aliphatic rings. The molecule has 0 aliphatic carbocycles. The number of aryl methyl sites for hydroxylation is 1. The fourth-order valence-corrected chi connectivity index (χ4v) is 2.71. The molecule has 2 rings (SSSR count). The predicted octanol–water partition coefficient (Wildman–Crippen LogP) is 4.09. The quantitative estimate of drug-likeness (QED) is 0.259. The summed E-state index contributed by atoms with van der Waals surface area (Å²) in [5.41, 5.74) is -0.0966. The van der Waals surface area contributed by atoms with Crippen molar-refractivity contribution in [2.45, 2.75) is 6.61 Å². The van der Waals surface area contributed by atoms with Crippen LogP contribution >= 0.6 is 23.2 Å². The van der Waals surface area contributed by atoms with E-state index in [1.54, 1.807) is 0 Å². The Balaban J connectivity index is 2.42. The van der Waals surface area contributed by atoms with Crippen LogP contribution in [0, 0.1) is 17.7 Å². The zero-order chi connectivity index (χ0) is 23.0. The second kappa shape index (κ2) is 11.3. The van der Waals surface area contributed by atoms with Gasteiger partial charge in [0.2, 0.25) is 5.88 Å². The molecule has 31 heavy (non-hydrogen) atoms. The number of hydrogen-bond acceptors (Lipinski definition) is 7. The van der Waals surface area contributed by atoms with Crippen LogP contribution < -0.4 is 4.74 Å². The van der Waals surface area contributed by atoms with E-state index in [4.69, 9.17) is 27.9 Å². The maximum absolute atomic E-state index is 14.5. The minimum absolute atomic E-state index is 0.0103. The monoisotopic (exact) mass is 478 g/mol. The minimum atomic E-state index is -3.13. The highest BCUT2D eigenvalue weighted by atomic mass is 35.5. The Labute approximate surface area is 185 Å². The molecule has 0 N–H and O–H groups in total. The van der Waals surface area contributed by atoms with E-state index in [0.29, 0.717) is 0 Å². The Hall–Kier alpha value is -3.10. The molecule has 8 nitrogen and oxygen atoms in total. The fraction of sp³-hybridized carbons (Fsp3) is 0.278. The molecule has 1 aromatic carbocycles. The van der Waals surface area contributed by atoms with Crippen LogP contribution in [0.2, 0.25) is 10.0 Å². The number of ether oxygens (including phenoxy) is 2. The summed E-state index contributed by atoms with van der Waals surface area (Å²) in [6, 6.07) is 2.24. The van der Waals surface area contributed by atoms with Gasteiger partial charge in [-0.05, 0) is 17.3 Å². The van der Waals surface area contributed by atoms with Crippen molar-refractivity contribution < 1.29 is 32.3 Å². The Morgan fingerprint density at radius 1 is 1.29 bits per heavy atom. The van der Waals surface area contributed by atoms with Gasteiger partial charge in [0.25, 0.3) is 0 Å². The van der Waals surface area contributed by atoms with E-state index >= 15 is 0 Å². The fourth-order valence-electron chi connectivity index (χ4n) is 2.20. The molecule has 2 aromatic rings. The standard InChI is InChI=1S/C18H15Cl2F3N4O4/c1-27-17(31-18(22)23)15(20)16(25-27)11-8-10(12(19)9-13(11)21)4-5-14(26-29-3)30-7-6-24-28-2/h6,8-9,18H,7H2,1-3H3. The molecule has 0 atom stereocenters. The summed E-state index contributed by atoms with van der Waals surface area (Å²) in [6.45, 7) is -3.14. The van der Waals surface area contributed by atoms with Crippen molar-refractivity contribution in [3.05, 3.63) is 33.6 Å². The van der Waals surface area contributed by atoms with Gasteiger partial charge in [-0.15, -0.1) is 0 Å². The smallest absolute Gasteiger partial charge is 0.388 e. The summed E-state index contributed by atoms with van der Waals surface area (Å²) >= 11 is 12.1. The van der Waals surface area contributed by atoms with Gasteiger partial charge >= 0.3 is 12.5 Å². The van der Waals surface area contributed by atoms with Crippen LogP contribution in [0.1, 0.15) is 5.56 Å². The van der Waals surface area contributed by atoms with E-state index in [1.165, 1.54) is 33.5 Å². The van der Waals surface area contributed by atoms with Gasteiger partial charge < -0.3 is 19.1 Å². The van der Waals surface area contributed by atoms with Gasteiger partial charge in [0.1, 0.15) is 37.4 Å². The molecule has 0 saturated carbocycles. The molecular weight excluding hydrogens is 464 g/mol. The van der Waals surface area contributed by atoms with Gasteiger partial charge in [-0.1, -0.05) is 34.3 Å². The number of nitrogens with zero attached hydrogens (tertiary/aromatic N) is 4. The first-order valence-electron chi connectivity index (χ1n) is 8.26. The van der Waals surface area contributed by atoms with E-state index in [0.717, 1.165) is 10.7 Å². The molecule has 0 radical (unpaired) electrons. The average molecular weight is 479 g/mol. The van der Waals surface area contributed by atoms with E-state index in [2.05, 4.69) is 41.7 Å². The third-order valence-electron chi connectivity index (χ3n) is 3.40. The Bertz CT molecular complexity index is 1050. The lowest BCUT2D eigenvalue weighted by molar-refractivity contribution is -0.0552. The van der Waals surface area contributed by atoms with Crippen molar-refractivity contribution in [3.8, 4) is 29.0 Å². The van der Waals surface area contributed by atoms with Crippen molar-refractivity contribution in [2.75, 3.05) is 20.8 Å². The number of alkyl halides is 2. The molecule has 0 spiro atoms. The van der Waals surface area contributed by atoms with Crippen molar-refractivity contribution >= 4 is 35.3 Å². The summed E-state index contributed by atoms with van der Waals surface area (Å²) in [6.07, 6.45) is 1.32. The van der Waals surface area contributed by atoms with Crippen LogP contribution in [0.4, 0.5) is 13.2 Å². The highest BCUT2D eigenvalue weighted by Gasteiger charge is 2.23. The molecule has 0 fully saturated rings. The van der Waals surface area contributed by atoms with Crippen molar-refractivity contribution in [1.82, 2.24) is 9.78 Å². The number of halogens is 5. The van der Waals surface area contributed by atoms with Gasteiger partial charge in [-0.2, -0.15) is 13.9 Å². The minimum Gasteiger partial charge on any atom is -0.463 e. The van der Waals surface area contributed by atoms with Gasteiger partial charge in [0.05, 0.1) is 11.2 Å². The first kappa shape index (κ1) is 24.2. The number of oxime groups is 2. The van der Waals surface area contributed by atoms with Crippen LogP contribution in [0.15, 0.2) is 22.4 Å². The molecule has 0 unspecified atom stereocenters. The van der Waals surface area contributed by atoms with Crippen molar-refractivity contribution in [3.63, 3.8) is 0 Å². The lowest BCUT2D eigenvalue weighted by Crippen LogP contribution is -2.06. The van der Waals surface area contributed by atoms with Crippen LogP contribution in [-0.4, -0.2) is 49.3 Å².